The van der Waals surface area contributed by atoms with E-state index in [1.54, 1.807) is 6.92 Å². The molecule has 1 aliphatic rings. The molecule has 1 saturated carbocycles. The summed E-state index contributed by atoms with van der Waals surface area (Å²) >= 11 is 0. The maximum atomic E-state index is 10.8. The van der Waals surface area contributed by atoms with Crippen molar-refractivity contribution in [3.8, 4) is 0 Å². The molecule has 0 aliphatic heterocycles. The second-order valence-corrected chi connectivity index (χ2v) is 12.2. The minimum atomic E-state index is -0.501. The van der Waals surface area contributed by atoms with Gasteiger partial charge in [0.1, 0.15) is 19.3 Å². The van der Waals surface area contributed by atoms with Gasteiger partial charge >= 0.3 is 35.8 Å². The van der Waals surface area contributed by atoms with Crippen molar-refractivity contribution in [2.75, 3.05) is 33.0 Å². The van der Waals surface area contributed by atoms with Crippen molar-refractivity contribution < 1.29 is 62.3 Å². The number of carbonyl (C=O) groups is 6. The van der Waals surface area contributed by atoms with E-state index in [2.05, 4.69) is 67.5 Å². The molecular formula is C47H72O13. The Balaban J connectivity index is -0.000000318. The molecule has 338 valence electrons. The second-order valence-electron chi connectivity index (χ2n) is 12.2. The van der Waals surface area contributed by atoms with E-state index < -0.39 is 5.97 Å². The molecule has 13 heteroatoms. The van der Waals surface area contributed by atoms with Gasteiger partial charge in [0.2, 0.25) is 0 Å². The summed E-state index contributed by atoms with van der Waals surface area (Å²) in [5, 5.41) is 8.10. The molecule has 0 saturated heterocycles. The van der Waals surface area contributed by atoms with E-state index in [1.807, 2.05) is 37.3 Å². The minimum Gasteiger partial charge on any atom is -0.463 e. The van der Waals surface area contributed by atoms with Gasteiger partial charge in [0.25, 0.3) is 0 Å². The normalized spacial score (nSPS) is 11.2. The summed E-state index contributed by atoms with van der Waals surface area (Å²) in [6.07, 6.45) is 19.5. The van der Waals surface area contributed by atoms with E-state index in [-0.39, 0.29) is 49.2 Å². The van der Waals surface area contributed by atoms with E-state index in [0.717, 1.165) is 62.3 Å². The van der Waals surface area contributed by atoms with Crippen molar-refractivity contribution in [3.05, 3.63) is 112 Å². The quantitative estimate of drug-likeness (QED) is 0.0538. The molecule has 0 bridgehead atoms. The van der Waals surface area contributed by atoms with Gasteiger partial charge in [-0.2, -0.15) is 0 Å². The fourth-order valence-electron chi connectivity index (χ4n) is 4.12. The number of aliphatic hydroxyl groups is 1. The summed E-state index contributed by atoms with van der Waals surface area (Å²) in [5.41, 5.74) is 0.979. The lowest BCUT2D eigenvalue weighted by Gasteiger charge is -2.20. The number of unbranched alkanes of at least 4 members (excludes halogenated alkanes) is 2. The SMILES string of the molecule is C=CC(=O)OC1CCCCC1.C=CC(=O)OCC.C=CC(=O)OCC(CC)CCCC.C=CC(=O)OCCCC.C=CC(=O)OCCO.C=CC(=O)OCc1ccccc1. The van der Waals surface area contributed by atoms with E-state index >= 15 is 0 Å². The molecule has 1 unspecified atom stereocenters. The van der Waals surface area contributed by atoms with E-state index in [0.29, 0.717) is 32.3 Å². The van der Waals surface area contributed by atoms with Gasteiger partial charge in [0.05, 0.1) is 26.4 Å². The van der Waals surface area contributed by atoms with E-state index in [4.69, 9.17) is 19.3 Å². The highest BCUT2D eigenvalue weighted by atomic mass is 16.6. The Morgan fingerprint density at radius 1 is 0.617 bits per heavy atom. The Labute approximate surface area is 359 Å². The van der Waals surface area contributed by atoms with Crippen LogP contribution in [0.3, 0.4) is 0 Å². The third-order valence-electron chi connectivity index (χ3n) is 7.43. The summed E-state index contributed by atoms with van der Waals surface area (Å²) in [5.74, 6) is -1.65. The molecule has 1 aromatic rings. The van der Waals surface area contributed by atoms with Crippen molar-refractivity contribution in [1.29, 1.82) is 0 Å². The van der Waals surface area contributed by atoms with Crippen LogP contribution in [0.5, 0.6) is 0 Å². The average molecular weight is 845 g/mol. The van der Waals surface area contributed by atoms with Crippen LogP contribution in [0.2, 0.25) is 0 Å². The van der Waals surface area contributed by atoms with Crippen molar-refractivity contribution in [3.63, 3.8) is 0 Å². The zero-order valence-electron chi connectivity index (χ0n) is 36.6. The summed E-state index contributed by atoms with van der Waals surface area (Å²) in [4.78, 5) is 62.7. The van der Waals surface area contributed by atoms with E-state index in [1.165, 1.54) is 50.3 Å². The van der Waals surface area contributed by atoms with Gasteiger partial charge < -0.3 is 33.5 Å². The van der Waals surface area contributed by atoms with Crippen LogP contribution in [0.15, 0.2) is 106 Å². The van der Waals surface area contributed by atoms with Crippen LogP contribution in [-0.2, 0) is 63.8 Å². The number of rotatable bonds is 21. The van der Waals surface area contributed by atoms with Crippen LogP contribution in [0.25, 0.3) is 0 Å². The van der Waals surface area contributed by atoms with Crippen LogP contribution < -0.4 is 0 Å². The topological polar surface area (TPSA) is 178 Å². The van der Waals surface area contributed by atoms with Gasteiger partial charge in [-0.25, -0.2) is 28.8 Å². The van der Waals surface area contributed by atoms with Crippen LogP contribution in [0, 0.1) is 5.92 Å². The Bertz CT molecular complexity index is 1330. The molecule has 60 heavy (non-hydrogen) atoms. The zero-order valence-corrected chi connectivity index (χ0v) is 36.6. The average Bonchev–Trinajstić information content (AvgIpc) is 3.29. The third kappa shape index (κ3) is 46.8. The third-order valence-corrected chi connectivity index (χ3v) is 7.43. The second kappa shape index (κ2) is 47.8. The van der Waals surface area contributed by atoms with Crippen LogP contribution in [0.1, 0.15) is 104 Å². The fraction of sp³-hybridized carbons (Fsp3) is 0.489. The Kier molecular flexibility index (Phi) is 48.7. The van der Waals surface area contributed by atoms with Gasteiger partial charge in [0.15, 0.2) is 0 Å². The molecule has 0 aromatic heterocycles. The highest BCUT2D eigenvalue weighted by Gasteiger charge is 2.15. The van der Waals surface area contributed by atoms with Crippen molar-refractivity contribution >= 4 is 35.8 Å². The number of aliphatic hydroxyl groups excluding tert-OH is 1. The molecular weight excluding hydrogens is 773 g/mol. The molecule has 0 spiro atoms. The first-order valence-corrected chi connectivity index (χ1v) is 20.3. The zero-order chi connectivity index (χ0) is 46.2. The van der Waals surface area contributed by atoms with E-state index in [9.17, 15) is 28.8 Å². The molecule has 0 heterocycles. The largest absolute Gasteiger partial charge is 0.463 e. The maximum absolute atomic E-state index is 10.8. The highest BCUT2D eigenvalue weighted by Crippen LogP contribution is 2.20. The van der Waals surface area contributed by atoms with Gasteiger partial charge in [-0.05, 0) is 56.9 Å². The Morgan fingerprint density at radius 2 is 1.08 bits per heavy atom. The van der Waals surface area contributed by atoms with Gasteiger partial charge in [-0.1, -0.05) is 123 Å². The summed E-state index contributed by atoms with van der Waals surface area (Å²) in [7, 11) is 0. The molecule has 0 amide bonds. The van der Waals surface area contributed by atoms with Gasteiger partial charge in [-0.15, -0.1) is 0 Å². The molecule has 1 aliphatic carbocycles. The van der Waals surface area contributed by atoms with Crippen LogP contribution in [0.4, 0.5) is 0 Å². The van der Waals surface area contributed by atoms with Crippen molar-refractivity contribution in [2.45, 2.75) is 111 Å². The van der Waals surface area contributed by atoms with Crippen molar-refractivity contribution in [2.24, 2.45) is 5.92 Å². The number of ether oxygens (including phenoxy) is 6. The maximum Gasteiger partial charge on any atom is 0.330 e. The highest BCUT2D eigenvalue weighted by molar-refractivity contribution is 5.82. The first-order chi connectivity index (χ1) is 28.8. The predicted octanol–water partition coefficient (Wildman–Crippen LogP) is 8.86. The van der Waals surface area contributed by atoms with Crippen LogP contribution in [-0.4, -0.2) is 80.1 Å². The Hall–Kier alpha value is -5.56. The number of benzene rings is 1. The Morgan fingerprint density at radius 3 is 1.52 bits per heavy atom. The number of hydrogen-bond donors (Lipinski definition) is 1. The fourth-order valence-corrected chi connectivity index (χ4v) is 4.12. The monoisotopic (exact) mass is 844 g/mol. The summed E-state index contributed by atoms with van der Waals surface area (Å²) < 4.78 is 28.3. The number of hydrogen-bond acceptors (Lipinski definition) is 13. The predicted molar refractivity (Wildman–Crippen MR) is 235 cm³/mol. The van der Waals surface area contributed by atoms with Crippen LogP contribution >= 0.6 is 0 Å². The molecule has 13 nitrogen and oxygen atoms in total. The first kappa shape index (κ1) is 61.1. The molecule has 2 rings (SSSR count). The smallest absolute Gasteiger partial charge is 0.330 e. The molecule has 1 aromatic carbocycles. The van der Waals surface area contributed by atoms with Gasteiger partial charge in [-0.3, -0.25) is 0 Å². The number of esters is 6. The standard InChI is InChI=1S/C11H20O2.C10H10O2.C9H14O2.C7H12O2.C5H8O3.C5H8O2/c1-4-7-8-10(5-2)9-13-11(12)6-3;1-2-10(11)12-8-9-6-4-3-5-7-9;1-2-9(10)11-8-6-4-3-5-7-8;1-3-5-6-9-7(8)4-2;1-2-5(7)8-4-3-6;1-3-5(6)7-4-2/h6,10H,3-5,7-9H2,1-2H3;2-7H,1,8H2;2,8H,1,3-7H2;4H,2-3,5-6H2,1H3;2,6H,1,3-4H2;3H,1,4H2,2H3. The lowest BCUT2D eigenvalue weighted by molar-refractivity contribution is -0.144. The van der Waals surface area contributed by atoms with Gasteiger partial charge in [0, 0.05) is 36.5 Å². The summed E-state index contributed by atoms with van der Waals surface area (Å²) in [6.45, 7) is 29.4. The van der Waals surface area contributed by atoms with Crippen molar-refractivity contribution in [1.82, 2.24) is 0 Å². The lowest BCUT2D eigenvalue weighted by Crippen LogP contribution is -2.19. The molecule has 1 fully saturated rings. The molecule has 1 atom stereocenters. The molecule has 0 radical (unpaired) electrons. The number of carbonyl (C=O) groups excluding carboxylic acids is 6. The minimum absolute atomic E-state index is 0.0465. The summed E-state index contributed by atoms with van der Waals surface area (Å²) in [6, 6.07) is 9.51. The molecule has 1 N–H and O–H groups in total. The first-order valence-electron chi connectivity index (χ1n) is 20.3. The lowest BCUT2D eigenvalue weighted by atomic mass is 9.98.